The number of hydrogen-bond acceptors (Lipinski definition) is 2. The van der Waals surface area contributed by atoms with E-state index in [1.165, 1.54) is 18.2 Å². The van der Waals surface area contributed by atoms with Gasteiger partial charge in [0.25, 0.3) is 0 Å². The molecule has 0 fully saturated rings. The van der Waals surface area contributed by atoms with E-state index in [4.69, 9.17) is 4.74 Å². The van der Waals surface area contributed by atoms with E-state index in [1.54, 1.807) is 12.1 Å². The van der Waals surface area contributed by atoms with E-state index < -0.39 is 11.6 Å². The topological polar surface area (TPSA) is 29.5 Å². The summed E-state index contributed by atoms with van der Waals surface area (Å²) in [4.78, 5) is 0. The Morgan fingerprint density at radius 1 is 1.05 bits per heavy atom. The quantitative estimate of drug-likeness (QED) is 0.852. The Morgan fingerprint density at radius 3 is 2.60 bits per heavy atom. The van der Waals surface area contributed by atoms with Crippen molar-refractivity contribution in [2.24, 2.45) is 0 Å². The second-order valence-corrected chi connectivity index (χ2v) is 4.70. The molecule has 0 aliphatic carbocycles. The second kappa shape index (κ2) is 4.63. The number of hydrogen-bond donors (Lipinski definition) is 1. The molecule has 4 heteroatoms. The van der Waals surface area contributed by atoms with Crippen LogP contribution in [0.1, 0.15) is 18.1 Å². The molecule has 2 nitrogen and oxygen atoms in total. The maximum Gasteiger partial charge on any atom is 0.133 e. The number of rotatable bonds is 1. The minimum Gasteiger partial charge on any atom is -0.508 e. The lowest BCUT2D eigenvalue weighted by atomic mass is 9.93. The summed E-state index contributed by atoms with van der Waals surface area (Å²) in [6.45, 7) is 2.05. The standard InChI is InChI=1S/C16H12F2O2/c1-9-13-7-11(19)3-5-16(13)20-8-14(9)12-4-2-10(17)6-15(12)18/h2-7,19H,8H2,1H3. The van der Waals surface area contributed by atoms with E-state index in [-0.39, 0.29) is 12.4 Å². The fourth-order valence-corrected chi connectivity index (χ4v) is 2.37. The highest BCUT2D eigenvalue weighted by molar-refractivity contribution is 5.94. The summed E-state index contributed by atoms with van der Waals surface area (Å²) in [5.74, 6) is -0.468. The van der Waals surface area contributed by atoms with Gasteiger partial charge in [-0.15, -0.1) is 0 Å². The molecule has 0 saturated heterocycles. The number of aromatic hydroxyl groups is 1. The predicted molar refractivity (Wildman–Crippen MR) is 72.4 cm³/mol. The average Bonchev–Trinajstić information content (AvgIpc) is 2.41. The summed E-state index contributed by atoms with van der Waals surface area (Å²) in [6, 6.07) is 8.26. The van der Waals surface area contributed by atoms with Gasteiger partial charge in [0, 0.05) is 22.8 Å². The summed E-state index contributed by atoms with van der Waals surface area (Å²) in [5, 5.41) is 9.55. The van der Waals surface area contributed by atoms with Gasteiger partial charge in [0.2, 0.25) is 0 Å². The molecule has 0 aromatic heterocycles. The van der Waals surface area contributed by atoms with Crippen LogP contribution in [-0.2, 0) is 0 Å². The van der Waals surface area contributed by atoms with Crippen LogP contribution >= 0.6 is 0 Å². The minimum atomic E-state index is -0.619. The molecular formula is C16H12F2O2. The van der Waals surface area contributed by atoms with Gasteiger partial charge in [-0.05, 0) is 42.8 Å². The number of fused-ring (bicyclic) bond motifs is 1. The third-order valence-electron chi connectivity index (χ3n) is 3.45. The molecule has 1 heterocycles. The molecule has 0 unspecified atom stereocenters. The Morgan fingerprint density at radius 2 is 1.85 bits per heavy atom. The van der Waals surface area contributed by atoms with Crippen molar-refractivity contribution in [1.82, 2.24) is 0 Å². The van der Waals surface area contributed by atoms with Crippen molar-refractivity contribution in [3.05, 3.63) is 59.2 Å². The van der Waals surface area contributed by atoms with Gasteiger partial charge in [-0.3, -0.25) is 0 Å². The zero-order valence-corrected chi connectivity index (χ0v) is 10.8. The molecule has 3 rings (SSSR count). The number of ether oxygens (including phenoxy) is 1. The largest absolute Gasteiger partial charge is 0.508 e. The van der Waals surface area contributed by atoms with Crippen LogP contribution in [0.15, 0.2) is 36.4 Å². The summed E-state index contributed by atoms with van der Waals surface area (Å²) in [5.41, 5.74) is 2.50. The maximum absolute atomic E-state index is 13.9. The van der Waals surface area contributed by atoms with Crippen LogP contribution in [-0.4, -0.2) is 11.7 Å². The van der Waals surface area contributed by atoms with Crippen molar-refractivity contribution in [3.63, 3.8) is 0 Å². The van der Waals surface area contributed by atoms with Crippen molar-refractivity contribution in [1.29, 1.82) is 0 Å². The Labute approximate surface area is 114 Å². The molecule has 102 valence electrons. The van der Waals surface area contributed by atoms with Gasteiger partial charge in [-0.2, -0.15) is 0 Å². The Balaban J connectivity index is 2.17. The first-order valence-corrected chi connectivity index (χ1v) is 6.17. The molecule has 0 spiro atoms. The lowest BCUT2D eigenvalue weighted by Crippen LogP contribution is -2.10. The van der Waals surface area contributed by atoms with Crippen LogP contribution in [0.4, 0.5) is 8.78 Å². The third-order valence-corrected chi connectivity index (χ3v) is 3.45. The van der Waals surface area contributed by atoms with Gasteiger partial charge < -0.3 is 9.84 Å². The lowest BCUT2D eigenvalue weighted by Gasteiger charge is -2.23. The normalized spacial score (nSPS) is 13.9. The number of halogens is 2. The van der Waals surface area contributed by atoms with Crippen molar-refractivity contribution in [2.75, 3.05) is 6.61 Å². The van der Waals surface area contributed by atoms with Crippen LogP contribution < -0.4 is 4.74 Å². The predicted octanol–water partition coefficient (Wildman–Crippen LogP) is 3.99. The van der Waals surface area contributed by atoms with E-state index in [0.29, 0.717) is 16.9 Å². The van der Waals surface area contributed by atoms with E-state index in [2.05, 4.69) is 0 Å². The van der Waals surface area contributed by atoms with E-state index in [0.717, 1.165) is 17.2 Å². The van der Waals surface area contributed by atoms with Crippen molar-refractivity contribution in [2.45, 2.75) is 6.92 Å². The first-order valence-electron chi connectivity index (χ1n) is 6.17. The van der Waals surface area contributed by atoms with Crippen molar-refractivity contribution in [3.8, 4) is 11.5 Å². The van der Waals surface area contributed by atoms with E-state index in [9.17, 15) is 13.9 Å². The lowest BCUT2D eigenvalue weighted by molar-refractivity contribution is 0.362. The zero-order valence-electron chi connectivity index (χ0n) is 10.8. The van der Waals surface area contributed by atoms with Gasteiger partial charge >= 0.3 is 0 Å². The summed E-state index contributed by atoms with van der Waals surface area (Å²) in [6.07, 6.45) is 0. The minimum absolute atomic E-state index is 0.118. The van der Waals surface area contributed by atoms with Gasteiger partial charge in [-0.1, -0.05) is 0 Å². The zero-order chi connectivity index (χ0) is 14.3. The monoisotopic (exact) mass is 274 g/mol. The van der Waals surface area contributed by atoms with Crippen molar-refractivity contribution >= 4 is 11.1 Å². The molecule has 0 atom stereocenters. The van der Waals surface area contributed by atoms with Crippen LogP contribution in [0.5, 0.6) is 11.5 Å². The number of allylic oxidation sites excluding steroid dienone is 1. The molecule has 1 aliphatic rings. The van der Waals surface area contributed by atoms with Gasteiger partial charge in [0.15, 0.2) is 0 Å². The number of benzene rings is 2. The molecule has 20 heavy (non-hydrogen) atoms. The summed E-state index contributed by atoms with van der Waals surface area (Å²) in [7, 11) is 0. The van der Waals surface area contributed by atoms with E-state index >= 15 is 0 Å². The summed E-state index contributed by atoms with van der Waals surface area (Å²) < 4.78 is 32.4. The fraction of sp³-hybridized carbons (Fsp3) is 0.125. The molecule has 0 radical (unpaired) electrons. The molecule has 0 saturated carbocycles. The highest BCUT2D eigenvalue weighted by atomic mass is 19.1. The Kier molecular flexibility index (Phi) is 2.93. The third kappa shape index (κ3) is 2.03. The SMILES string of the molecule is CC1=C(c2ccc(F)cc2F)COc2ccc(O)cc21. The Bertz CT molecular complexity index is 720. The fourth-order valence-electron chi connectivity index (χ4n) is 2.37. The van der Waals surface area contributed by atoms with Crippen LogP contribution in [0.3, 0.4) is 0 Å². The van der Waals surface area contributed by atoms with Crippen LogP contribution in [0.25, 0.3) is 11.1 Å². The number of phenols is 1. The highest BCUT2D eigenvalue weighted by Crippen LogP contribution is 2.39. The molecular weight excluding hydrogens is 262 g/mol. The van der Waals surface area contributed by atoms with E-state index in [1.807, 2.05) is 6.92 Å². The highest BCUT2D eigenvalue weighted by Gasteiger charge is 2.21. The molecule has 0 bridgehead atoms. The first kappa shape index (κ1) is 12.7. The average molecular weight is 274 g/mol. The smallest absolute Gasteiger partial charge is 0.133 e. The summed E-state index contributed by atoms with van der Waals surface area (Å²) >= 11 is 0. The van der Waals surface area contributed by atoms with Crippen LogP contribution in [0.2, 0.25) is 0 Å². The van der Waals surface area contributed by atoms with Gasteiger partial charge in [-0.25, -0.2) is 8.78 Å². The molecule has 2 aromatic carbocycles. The Hall–Kier alpha value is -2.36. The molecule has 1 N–H and O–H groups in total. The maximum atomic E-state index is 13.9. The van der Waals surface area contributed by atoms with Gasteiger partial charge in [0.05, 0.1) is 0 Å². The number of phenolic OH excluding ortho intramolecular Hbond substituents is 1. The van der Waals surface area contributed by atoms with Crippen molar-refractivity contribution < 1.29 is 18.6 Å². The van der Waals surface area contributed by atoms with Crippen LogP contribution in [0, 0.1) is 11.6 Å². The molecule has 0 amide bonds. The first-order chi connectivity index (χ1) is 9.56. The molecule has 2 aromatic rings. The molecule has 1 aliphatic heterocycles. The van der Waals surface area contributed by atoms with Gasteiger partial charge in [0.1, 0.15) is 29.7 Å². The second-order valence-electron chi connectivity index (χ2n) is 4.70.